The van der Waals surface area contributed by atoms with Gasteiger partial charge in [-0.2, -0.15) is 0 Å². The van der Waals surface area contributed by atoms with E-state index in [2.05, 4.69) is 40.4 Å². The molecule has 0 unspecified atom stereocenters. The molecule has 0 radical (unpaired) electrons. The third-order valence-electron chi connectivity index (χ3n) is 7.36. The summed E-state index contributed by atoms with van der Waals surface area (Å²) >= 11 is 0. The fraction of sp³-hybridized carbons (Fsp3) is 0.448. The summed E-state index contributed by atoms with van der Waals surface area (Å²) in [7, 11) is -2.28. The molecule has 1 saturated heterocycles. The predicted octanol–water partition coefficient (Wildman–Crippen LogP) is 6.13. The second-order valence-corrected chi connectivity index (χ2v) is 15.6. The summed E-state index contributed by atoms with van der Waals surface area (Å²) < 4.78 is 18.4. The lowest BCUT2D eigenvalue weighted by atomic mass is 10.00. The van der Waals surface area contributed by atoms with E-state index in [1.807, 2.05) is 60.7 Å². The van der Waals surface area contributed by atoms with Crippen LogP contribution in [0.15, 0.2) is 73.3 Å². The van der Waals surface area contributed by atoms with Crippen molar-refractivity contribution in [3.8, 4) is 0 Å². The van der Waals surface area contributed by atoms with Crippen molar-refractivity contribution in [1.82, 2.24) is 4.90 Å². The van der Waals surface area contributed by atoms with E-state index in [9.17, 15) is 9.59 Å². The van der Waals surface area contributed by atoms with Crippen LogP contribution in [-0.2, 0) is 31.7 Å². The molecule has 7 heteroatoms. The lowest BCUT2D eigenvalue weighted by Gasteiger charge is -2.40. The molecular weight excluding hydrogens is 470 g/mol. The highest BCUT2D eigenvalue weighted by molar-refractivity contribution is 6.74. The fourth-order valence-corrected chi connectivity index (χ4v) is 5.77. The molecule has 0 saturated carbocycles. The Morgan fingerprint density at radius 3 is 2.08 bits per heavy atom. The number of rotatable bonds is 10. The molecule has 0 aliphatic carbocycles. The number of hydrogen-bond acceptors (Lipinski definition) is 5. The zero-order valence-corrected chi connectivity index (χ0v) is 23.1. The van der Waals surface area contributed by atoms with Crippen LogP contribution >= 0.6 is 0 Å². The number of ether oxygens (including phenoxy) is 2. The topological polar surface area (TPSA) is 65.1 Å². The Morgan fingerprint density at radius 2 is 1.56 bits per heavy atom. The molecule has 3 rings (SSSR count). The summed E-state index contributed by atoms with van der Waals surface area (Å²) in [6, 6.07) is 18.7. The zero-order valence-electron chi connectivity index (χ0n) is 22.1. The number of carbonyl (C=O) groups is 2. The van der Waals surface area contributed by atoms with Crippen LogP contribution in [0.1, 0.15) is 38.3 Å². The minimum atomic E-state index is -2.28. The molecule has 0 aromatic heterocycles. The average molecular weight is 510 g/mol. The van der Waals surface area contributed by atoms with E-state index < -0.39 is 32.7 Å². The molecule has 1 fully saturated rings. The minimum absolute atomic E-state index is 0.0619. The second-order valence-electron chi connectivity index (χ2n) is 10.8. The molecule has 1 aliphatic rings. The molecule has 1 aliphatic heterocycles. The van der Waals surface area contributed by atoms with Crippen molar-refractivity contribution in [1.29, 1.82) is 0 Å². The number of nitrogens with zero attached hydrogens (tertiary/aromatic N) is 1. The molecule has 6 nitrogen and oxygen atoms in total. The molecule has 0 bridgehead atoms. The standard InChI is InChI=1S/C29H39NO5Si/c1-7-14-24-27(35-36(5,6)29(2,3)4)26(34-21-31)25(19-22-15-10-8-11-16-22)30(24)28(32)33-20-23-17-12-9-13-18-23/h7-13,15-18,21,24-27H,1,14,19-20H2,2-6H3/t24-,25-,26+,27+/m0/s1. The Hall–Kier alpha value is -2.90. The van der Waals surface area contributed by atoms with Crippen molar-refractivity contribution in [2.75, 3.05) is 0 Å². The molecule has 1 heterocycles. The SMILES string of the molecule is C=CC[C@H]1[C@@H](O[Si](C)(C)C(C)(C)C)[C@H](OC=O)[C@H](Cc2ccccc2)N1C(=O)OCc1ccccc1. The van der Waals surface area contributed by atoms with Gasteiger partial charge in [0.15, 0.2) is 8.32 Å². The van der Waals surface area contributed by atoms with Crippen LogP contribution in [0.2, 0.25) is 18.1 Å². The van der Waals surface area contributed by atoms with Crippen molar-refractivity contribution in [3.63, 3.8) is 0 Å². The van der Waals surface area contributed by atoms with E-state index in [4.69, 9.17) is 13.9 Å². The molecule has 2 aromatic carbocycles. The Bertz CT molecular complexity index is 1010. The number of hydrogen-bond donors (Lipinski definition) is 0. The Labute approximate surface area is 216 Å². The smallest absolute Gasteiger partial charge is 0.410 e. The number of amides is 1. The third kappa shape index (κ3) is 6.45. The van der Waals surface area contributed by atoms with Gasteiger partial charge < -0.3 is 13.9 Å². The van der Waals surface area contributed by atoms with Crippen LogP contribution in [0.5, 0.6) is 0 Å². The van der Waals surface area contributed by atoms with Gasteiger partial charge in [-0.05, 0) is 42.1 Å². The monoisotopic (exact) mass is 509 g/mol. The van der Waals surface area contributed by atoms with Gasteiger partial charge in [-0.25, -0.2) is 4.79 Å². The van der Waals surface area contributed by atoms with Crippen molar-refractivity contribution < 1.29 is 23.5 Å². The number of benzene rings is 2. The van der Waals surface area contributed by atoms with Gasteiger partial charge >= 0.3 is 6.09 Å². The summed E-state index contributed by atoms with van der Waals surface area (Å²) in [6.45, 7) is 15.4. The highest BCUT2D eigenvalue weighted by Crippen LogP contribution is 2.42. The van der Waals surface area contributed by atoms with Crippen molar-refractivity contribution in [2.24, 2.45) is 0 Å². The molecule has 0 N–H and O–H groups in total. The molecule has 36 heavy (non-hydrogen) atoms. The molecule has 4 atom stereocenters. The van der Waals surface area contributed by atoms with Gasteiger partial charge in [0.25, 0.3) is 6.47 Å². The summed E-state index contributed by atoms with van der Waals surface area (Å²) in [5, 5.41) is -0.0619. The third-order valence-corrected chi connectivity index (χ3v) is 11.8. The molecule has 194 valence electrons. The van der Waals surface area contributed by atoms with Crippen LogP contribution in [0.4, 0.5) is 4.79 Å². The second kappa shape index (κ2) is 11.9. The van der Waals surface area contributed by atoms with E-state index in [0.717, 1.165) is 11.1 Å². The lowest BCUT2D eigenvalue weighted by molar-refractivity contribution is -0.138. The van der Waals surface area contributed by atoms with Crippen LogP contribution in [0, 0.1) is 0 Å². The van der Waals surface area contributed by atoms with Crippen molar-refractivity contribution in [2.45, 2.75) is 82.6 Å². The fourth-order valence-electron chi connectivity index (χ4n) is 4.45. The predicted molar refractivity (Wildman–Crippen MR) is 144 cm³/mol. The quantitative estimate of drug-likeness (QED) is 0.219. The first-order chi connectivity index (χ1) is 17.1. The van der Waals surface area contributed by atoms with Gasteiger partial charge in [0.05, 0.1) is 12.1 Å². The largest absolute Gasteiger partial charge is 0.460 e. The van der Waals surface area contributed by atoms with Crippen LogP contribution < -0.4 is 0 Å². The summed E-state index contributed by atoms with van der Waals surface area (Å²) in [4.78, 5) is 27.1. The van der Waals surface area contributed by atoms with Gasteiger partial charge in [0.1, 0.15) is 18.8 Å². The first-order valence-electron chi connectivity index (χ1n) is 12.5. The number of carbonyl (C=O) groups excluding carboxylic acids is 2. The van der Waals surface area contributed by atoms with Gasteiger partial charge in [0.2, 0.25) is 0 Å². The van der Waals surface area contributed by atoms with Crippen LogP contribution in [0.25, 0.3) is 0 Å². The lowest BCUT2D eigenvalue weighted by Crippen LogP contribution is -2.50. The van der Waals surface area contributed by atoms with E-state index in [1.165, 1.54) is 0 Å². The number of likely N-dealkylation sites (tertiary alicyclic amines) is 1. The van der Waals surface area contributed by atoms with Gasteiger partial charge in [-0.1, -0.05) is 87.5 Å². The molecule has 0 spiro atoms. The van der Waals surface area contributed by atoms with E-state index in [1.54, 1.807) is 11.0 Å². The first-order valence-corrected chi connectivity index (χ1v) is 15.4. The highest BCUT2D eigenvalue weighted by Gasteiger charge is 2.55. The van der Waals surface area contributed by atoms with Gasteiger partial charge in [-0.3, -0.25) is 9.69 Å². The molecular formula is C29H39NO5Si. The normalized spacial score (nSPS) is 22.2. The Morgan fingerprint density at radius 1 is 0.972 bits per heavy atom. The Kier molecular flexibility index (Phi) is 9.14. The maximum atomic E-state index is 13.6. The maximum Gasteiger partial charge on any atom is 0.410 e. The molecule has 1 amide bonds. The maximum absolute atomic E-state index is 13.6. The van der Waals surface area contributed by atoms with Crippen LogP contribution in [0.3, 0.4) is 0 Å². The average Bonchev–Trinajstić information content (AvgIpc) is 3.10. The summed E-state index contributed by atoms with van der Waals surface area (Å²) in [5.41, 5.74) is 1.94. The summed E-state index contributed by atoms with van der Waals surface area (Å²) in [5.74, 6) is 0. The van der Waals surface area contributed by atoms with E-state index >= 15 is 0 Å². The van der Waals surface area contributed by atoms with Gasteiger partial charge in [0, 0.05) is 0 Å². The van der Waals surface area contributed by atoms with Crippen LogP contribution in [-0.4, -0.2) is 50.1 Å². The first kappa shape index (κ1) is 27.7. The van der Waals surface area contributed by atoms with Gasteiger partial charge in [-0.15, -0.1) is 6.58 Å². The van der Waals surface area contributed by atoms with Crippen molar-refractivity contribution >= 4 is 20.9 Å². The minimum Gasteiger partial charge on any atom is -0.460 e. The Balaban J connectivity index is 2.00. The summed E-state index contributed by atoms with van der Waals surface area (Å²) in [6.07, 6.45) is 1.20. The van der Waals surface area contributed by atoms with E-state index in [-0.39, 0.29) is 17.7 Å². The van der Waals surface area contributed by atoms with E-state index in [0.29, 0.717) is 19.3 Å². The highest BCUT2D eigenvalue weighted by atomic mass is 28.4. The van der Waals surface area contributed by atoms with Crippen molar-refractivity contribution in [3.05, 3.63) is 84.4 Å². The zero-order chi connectivity index (χ0) is 26.3. The molecule has 2 aromatic rings.